The van der Waals surface area contributed by atoms with Crippen LogP contribution in [0.15, 0.2) is 0 Å². The molecule has 2 heteroatoms. The van der Waals surface area contributed by atoms with Crippen LogP contribution in [0.1, 0.15) is 27.2 Å². The molecule has 0 aromatic carbocycles. The molecular weight excluding hydrogens is 312 g/mol. The van der Waals surface area contributed by atoms with Gasteiger partial charge in [0.15, 0.2) is 0 Å². The summed E-state index contributed by atoms with van der Waals surface area (Å²) in [4.78, 5) is 0. The molecule has 0 saturated carbocycles. The molecule has 60 valence electrons. The van der Waals surface area contributed by atoms with Crippen molar-refractivity contribution >= 4 is 7.92 Å². The average molecular weight is 329 g/mol. The van der Waals surface area contributed by atoms with Gasteiger partial charge >= 0.3 is 22.4 Å². The largest absolute Gasteiger partial charge is 1.00 e. The van der Waals surface area contributed by atoms with Crippen molar-refractivity contribution in [2.75, 3.05) is 18.5 Å². The van der Waals surface area contributed by atoms with Crippen LogP contribution in [0.2, 0.25) is 0 Å². The summed E-state index contributed by atoms with van der Waals surface area (Å²) in [6.45, 7) is 6.90. The number of hydrogen-bond donors (Lipinski definition) is 0. The van der Waals surface area contributed by atoms with Crippen LogP contribution in [0.25, 0.3) is 0 Å². The van der Waals surface area contributed by atoms with Gasteiger partial charge in [0.25, 0.3) is 0 Å². The first-order valence-electron chi connectivity index (χ1n) is 3.57. The molecule has 0 fully saturated rings. The SMILES string of the molecule is CCCP(CC)CC.[Au+]. The third-order valence-corrected chi connectivity index (χ3v) is 4.30. The molecular formula is C7H17AuP+. The van der Waals surface area contributed by atoms with Gasteiger partial charge in [-0.2, -0.15) is 0 Å². The van der Waals surface area contributed by atoms with Crippen LogP contribution in [0, 0.1) is 0 Å². The summed E-state index contributed by atoms with van der Waals surface area (Å²) in [5.74, 6) is 0. The second kappa shape index (κ2) is 9.17. The molecule has 9 heavy (non-hydrogen) atoms. The Hall–Kier alpha value is 1.17. The molecule has 0 heterocycles. The number of hydrogen-bond acceptors (Lipinski definition) is 0. The minimum atomic E-state index is 0. The van der Waals surface area contributed by atoms with Crippen molar-refractivity contribution in [1.82, 2.24) is 0 Å². The van der Waals surface area contributed by atoms with Gasteiger partial charge in [-0.05, 0) is 18.5 Å². The zero-order valence-corrected chi connectivity index (χ0v) is 9.64. The van der Waals surface area contributed by atoms with E-state index in [1.807, 2.05) is 0 Å². The maximum Gasteiger partial charge on any atom is 1.00 e. The van der Waals surface area contributed by atoms with Crippen LogP contribution in [0.3, 0.4) is 0 Å². The first kappa shape index (κ1) is 12.8. The van der Waals surface area contributed by atoms with Crippen molar-refractivity contribution in [3.63, 3.8) is 0 Å². The van der Waals surface area contributed by atoms with Crippen molar-refractivity contribution in [2.45, 2.75) is 27.2 Å². The summed E-state index contributed by atoms with van der Waals surface area (Å²) >= 11 is 0. The minimum Gasteiger partial charge on any atom is -0.107 e. The number of rotatable bonds is 4. The van der Waals surface area contributed by atoms with Gasteiger partial charge in [0.05, 0.1) is 0 Å². The molecule has 0 aromatic heterocycles. The maximum absolute atomic E-state index is 2.31. The second-order valence-corrected chi connectivity index (χ2v) is 5.08. The van der Waals surface area contributed by atoms with Crippen LogP contribution in [0.5, 0.6) is 0 Å². The van der Waals surface area contributed by atoms with Crippen LogP contribution in [-0.4, -0.2) is 18.5 Å². The Morgan fingerprint density at radius 1 is 1.00 bits per heavy atom. The van der Waals surface area contributed by atoms with Crippen molar-refractivity contribution in [1.29, 1.82) is 0 Å². The molecule has 0 nitrogen and oxygen atoms in total. The van der Waals surface area contributed by atoms with E-state index in [1.54, 1.807) is 0 Å². The van der Waals surface area contributed by atoms with Gasteiger partial charge in [0, 0.05) is 0 Å². The van der Waals surface area contributed by atoms with Gasteiger partial charge in [-0.25, -0.2) is 0 Å². The smallest absolute Gasteiger partial charge is 0.107 e. The summed E-state index contributed by atoms with van der Waals surface area (Å²) in [6.07, 6.45) is 5.73. The fourth-order valence-electron chi connectivity index (χ4n) is 0.856. The predicted octanol–water partition coefficient (Wildman–Crippen LogP) is 2.92. The van der Waals surface area contributed by atoms with Crippen LogP contribution in [0.4, 0.5) is 0 Å². The van der Waals surface area contributed by atoms with Gasteiger partial charge in [-0.1, -0.05) is 27.2 Å². The second-order valence-electron chi connectivity index (χ2n) is 2.03. The van der Waals surface area contributed by atoms with E-state index in [2.05, 4.69) is 20.8 Å². The van der Waals surface area contributed by atoms with E-state index >= 15 is 0 Å². The summed E-state index contributed by atoms with van der Waals surface area (Å²) < 4.78 is 0. The molecule has 0 spiro atoms. The first-order chi connectivity index (χ1) is 3.85. The molecule has 0 unspecified atom stereocenters. The maximum atomic E-state index is 2.31. The molecule has 0 aliphatic rings. The molecule has 0 radical (unpaired) electrons. The fraction of sp³-hybridized carbons (Fsp3) is 1.00. The molecule has 0 aromatic rings. The normalized spacial score (nSPS) is 9.33. The first-order valence-corrected chi connectivity index (χ1v) is 5.47. The molecule has 0 bridgehead atoms. The molecule has 0 atom stereocenters. The van der Waals surface area contributed by atoms with Gasteiger partial charge in [-0.15, -0.1) is 7.92 Å². The Morgan fingerprint density at radius 3 is 1.56 bits per heavy atom. The molecule has 0 rings (SSSR count). The fourth-order valence-corrected chi connectivity index (χ4v) is 2.57. The van der Waals surface area contributed by atoms with E-state index in [1.165, 1.54) is 24.9 Å². The summed E-state index contributed by atoms with van der Waals surface area (Å²) in [5, 5.41) is 0. The third-order valence-electron chi connectivity index (χ3n) is 1.43. The molecule has 0 aliphatic heterocycles. The zero-order chi connectivity index (χ0) is 6.41. The molecule has 0 saturated heterocycles. The Kier molecular flexibility index (Phi) is 13.1. The van der Waals surface area contributed by atoms with Crippen LogP contribution < -0.4 is 0 Å². The summed E-state index contributed by atoms with van der Waals surface area (Å²) in [7, 11) is 0.444. The Balaban J connectivity index is 0. The molecule has 0 N–H and O–H groups in total. The van der Waals surface area contributed by atoms with Crippen LogP contribution in [-0.2, 0) is 22.4 Å². The average Bonchev–Trinajstić information content (AvgIpc) is 1.83. The quantitative estimate of drug-likeness (QED) is 0.550. The topological polar surface area (TPSA) is 0 Å². The van der Waals surface area contributed by atoms with E-state index in [9.17, 15) is 0 Å². The third kappa shape index (κ3) is 7.06. The van der Waals surface area contributed by atoms with E-state index in [0.717, 1.165) is 0 Å². The molecule has 0 aliphatic carbocycles. The van der Waals surface area contributed by atoms with Gasteiger partial charge in [0.2, 0.25) is 0 Å². The van der Waals surface area contributed by atoms with E-state index in [0.29, 0.717) is 7.92 Å². The Labute approximate surface area is 76.1 Å². The van der Waals surface area contributed by atoms with E-state index in [-0.39, 0.29) is 22.4 Å². The van der Waals surface area contributed by atoms with Crippen molar-refractivity contribution in [2.24, 2.45) is 0 Å². The van der Waals surface area contributed by atoms with Crippen molar-refractivity contribution < 1.29 is 22.4 Å². The summed E-state index contributed by atoms with van der Waals surface area (Å²) in [6, 6.07) is 0. The van der Waals surface area contributed by atoms with Crippen molar-refractivity contribution in [3.05, 3.63) is 0 Å². The van der Waals surface area contributed by atoms with Crippen LogP contribution >= 0.6 is 7.92 Å². The monoisotopic (exact) mass is 329 g/mol. The van der Waals surface area contributed by atoms with E-state index in [4.69, 9.17) is 0 Å². The molecule has 0 amide bonds. The summed E-state index contributed by atoms with van der Waals surface area (Å²) in [5.41, 5.74) is 0. The standard InChI is InChI=1S/C7H17P.Au/c1-4-7-8(5-2)6-3;/h4-7H2,1-3H3;/q;+1. The Morgan fingerprint density at radius 2 is 1.44 bits per heavy atom. The van der Waals surface area contributed by atoms with Gasteiger partial charge < -0.3 is 0 Å². The minimum absolute atomic E-state index is 0. The van der Waals surface area contributed by atoms with E-state index < -0.39 is 0 Å². The van der Waals surface area contributed by atoms with Gasteiger partial charge in [0.1, 0.15) is 0 Å². The Bertz CT molecular complexity index is 44.2. The van der Waals surface area contributed by atoms with Gasteiger partial charge in [-0.3, -0.25) is 0 Å². The predicted molar refractivity (Wildman–Crippen MR) is 43.2 cm³/mol. The zero-order valence-electron chi connectivity index (χ0n) is 6.58. The van der Waals surface area contributed by atoms with Crippen molar-refractivity contribution in [3.8, 4) is 0 Å².